The van der Waals surface area contributed by atoms with Gasteiger partial charge in [-0.3, -0.25) is 4.79 Å². The van der Waals surface area contributed by atoms with Crippen molar-refractivity contribution in [3.05, 3.63) is 22.4 Å². The standard InChI is InChI=1S/C18H28N2O3S/c1-2-22-8-9-23-13-17(21)20(12-15-3-10-24-14-15)16-11-18(16)4-6-19-7-5-18/h3,10,14,16,19H,2,4-9,11-13H2,1H3. The molecule has 1 unspecified atom stereocenters. The van der Waals surface area contributed by atoms with Crippen molar-refractivity contribution in [1.29, 1.82) is 0 Å². The Morgan fingerprint density at radius 2 is 2.17 bits per heavy atom. The van der Waals surface area contributed by atoms with Gasteiger partial charge in [0.05, 0.1) is 13.2 Å². The number of hydrogen-bond donors (Lipinski definition) is 1. The molecule has 3 rings (SSSR count). The number of carbonyl (C=O) groups excluding carboxylic acids is 1. The highest BCUT2D eigenvalue weighted by Crippen LogP contribution is 2.56. The zero-order valence-electron chi connectivity index (χ0n) is 14.5. The van der Waals surface area contributed by atoms with Gasteiger partial charge in [-0.05, 0) is 67.1 Å². The van der Waals surface area contributed by atoms with E-state index < -0.39 is 0 Å². The Morgan fingerprint density at radius 1 is 1.38 bits per heavy atom. The number of nitrogens with zero attached hydrogens (tertiary/aromatic N) is 1. The van der Waals surface area contributed by atoms with Gasteiger partial charge >= 0.3 is 0 Å². The highest BCUT2D eigenvalue weighted by molar-refractivity contribution is 7.07. The first kappa shape index (κ1) is 17.9. The van der Waals surface area contributed by atoms with Crippen molar-refractivity contribution in [2.24, 2.45) is 5.41 Å². The molecule has 1 aliphatic carbocycles. The lowest BCUT2D eigenvalue weighted by Gasteiger charge is -2.29. The normalized spacial score (nSPS) is 21.8. The Kier molecular flexibility index (Phi) is 6.27. The van der Waals surface area contributed by atoms with Crippen LogP contribution in [0.1, 0.15) is 31.7 Å². The topological polar surface area (TPSA) is 50.8 Å². The Bertz CT molecular complexity index is 514. The molecule has 0 radical (unpaired) electrons. The summed E-state index contributed by atoms with van der Waals surface area (Å²) in [5.74, 6) is 0.109. The second-order valence-corrected chi connectivity index (χ2v) is 7.52. The maximum atomic E-state index is 12.8. The number of nitrogens with one attached hydrogen (secondary N) is 1. The summed E-state index contributed by atoms with van der Waals surface area (Å²) in [6, 6.07) is 2.49. The van der Waals surface area contributed by atoms with E-state index in [1.807, 2.05) is 6.92 Å². The molecule has 2 fully saturated rings. The molecule has 1 atom stereocenters. The highest BCUT2D eigenvalue weighted by atomic mass is 32.1. The van der Waals surface area contributed by atoms with Gasteiger partial charge < -0.3 is 19.7 Å². The molecular weight excluding hydrogens is 324 g/mol. The SMILES string of the molecule is CCOCCOCC(=O)N(Cc1ccsc1)C1CC12CCNCC2. The highest BCUT2D eigenvalue weighted by Gasteiger charge is 2.57. The number of rotatable bonds is 9. The summed E-state index contributed by atoms with van der Waals surface area (Å²) in [4.78, 5) is 14.8. The Hall–Kier alpha value is -0.950. The molecule has 1 aromatic heterocycles. The summed E-state index contributed by atoms with van der Waals surface area (Å²) in [6.45, 7) is 6.67. The molecule has 1 spiro atoms. The lowest BCUT2D eigenvalue weighted by molar-refractivity contribution is -0.138. The molecule has 6 heteroatoms. The van der Waals surface area contributed by atoms with Gasteiger partial charge in [0.25, 0.3) is 0 Å². The summed E-state index contributed by atoms with van der Waals surface area (Å²) in [5.41, 5.74) is 1.57. The Morgan fingerprint density at radius 3 is 2.88 bits per heavy atom. The van der Waals surface area contributed by atoms with E-state index in [2.05, 4.69) is 27.0 Å². The zero-order chi connectivity index (χ0) is 16.8. The third-order valence-electron chi connectivity index (χ3n) is 5.18. The summed E-state index contributed by atoms with van der Waals surface area (Å²) in [5, 5.41) is 7.63. The molecule has 0 bridgehead atoms. The van der Waals surface area contributed by atoms with Crippen molar-refractivity contribution in [3.8, 4) is 0 Å². The van der Waals surface area contributed by atoms with E-state index >= 15 is 0 Å². The van der Waals surface area contributed by atoms with Crippen LogP contribution in [0.4, 0.5) is 0 Å². The summed E-state index contributed by atoms with van der Waals surface area (Å²) >= 11 is 1.68. The number of carbonyl (C=O) groups is 1. The lowest BCUT2D eigenvalue weighted by atomic mass is 9.93. The third kappa shape index (κ3) is 4.36. The van der Waals surface area contributed by atoms with Crippen LogP contribution in [0, 0.1) is 5.41 Å². The molecule has 1 N–H and O–H groups in total. The average molecular weight is 353 g/mol. The average Bonchev–Trinajstić information content (AvgIpc) is 3.03. The second kappa shape index (κ2) is 8.43. The van der Waals surface area contributed by atoms with Crippen LogP contribution in [0.2, 0.25) is 0 Å². The van der Waals surface area contributed by atoms with Gasteiger partial charge in [0.2, 0.25) is 5.91 Å². The van der Waals surface area contributed by atoms with Gasteiger partial charge in [0.15, 0.2) is 0 Å². The summed E-state index contributed by atoms with van der Waals surface area (Å²) in [6.07, 6.45) is 3.50. The van der Waals surface area contributed by atoms with E-state index in [1.165, 1.54) is 18.4 Å². The Labute approximate surface area is 148 Å². The van der Waals surface area contributed by atoms with Gasteiger partial charge in [0, 0.05) is 19.2 Å². The smallest absolute Gasteiger partial charge is 0.249 e. The van der Waals surface area contributed by atoms with Crippen LogP contribution in [0.3, 0.4) is 0 Å². The maximum absolute atomic E-state index is 12.8. The molecule has 1 amide bonds. The quantitative estimate of drug-likeness (QED) is 0.693. The number of piperidine rings is 1. The van der Waals surface area contributed by atoms with E-state index in [9.17, 15) is 4.79 Å². The van der Waals surface area contributed by atoms with E-state index in [0.717, 1.165) is 19.5 Å². The molecule has 2 heterocycles. The minimum atomic E-state index is 0.109. The van der Waals surface area contributed by atoms with Crippen LogP contribution in [0.5, 0.6) is 0 Å². The maximum Gasteiger partial charge on any atom is 0.249 e. The van der Waals surface area contributed by atoms with E-state index in [0.29, 0.717) is 37.8 Å². The van der Waals surface area contributed by atoms with E-state index in [4.69, 9.17) is 9.47 Å². The van der Waals surface area contributed by atoms with Gasteiger partial charge in [0.1, 0.15) is 6.61 Å². The minimum absolute atomic E-state index is 0.109. The molecule has 1 saturated heterocycles. The monoisotopic (exact) mass is 352 g/mol. The van der Waals surface area contributed by atoms with Crippen LogP contribution in [0.25, 0.3) is 0 Å². The van der Waals surface area contributed by atoms with Crippen molar-refractivity contribution in [2.75, 3.05) is 39.5 Å². The van der Waals surface area contributed by atoms with E-state index in [-0.39, 0.29) is 12.5 Å². The molecular formula is C18H28N2O3S. The first-order valence-corrected chi connectivity index (χ1v) is 9.86. The fourth-order valence-corrected chi connectivity index (χ4v) is 4.34. The largest absolute Gasteiger partial charge is 0.379 e. The molecule has 134 valence electrons. The molecule has 2 aliphatic rings. The van der Waals surface area contributed by atoms with Gasteiger partial charge in [-0.1, -0.05) is 0 Å². The van der Waals surface area contributed by atoms with Crippen LogP contribution >= 0.6 is 11.3 Å². The first-order chi connectivity index (χ1) is 11.7. The zero-order valence-corrected chi connectivity index (χ0v) is 15.3. The van der Waals surface area contributed by atoms with Gasteiger partial charge in [-0.25, -0.2) is 0 Å². The molecule has 0 aromatic carbocycles. The molecule has 1 aromatic rings. The molecule has 1 saturated carbocycles. The predicted molar refractivity (Wildman–Crippen MR) is 95.1 cm³/mol. The van der Waals surface area contributed by atoms with Crippen LogP contribution in [-0.4, -0.2) is 56.4 Å². The minimum Gasteiger partial charge on any atom is -0.379 e. The lowest BCUT2D eigenvalue weighted by Crippen LogP contribution is -2.40. The van der Waals surface area contributed by atoms with Gasteiger partial charge in [-0.2, -0.15) is 11.3 Å². The van der Waals surface area contributed by atoms with Crippen molar-refractivity contribution >= 4 is 17.2 Å². The Balaban J connectivity index is 1.57. The fraction of sp³-hybridized carbons (Fsp3) is 0.722. The van der Waals surface area contributed by atoms with Crippen molar-refractivity contribution < 1.29 is 14.3 Å². The molecule has 1 aliphatic heterocycles. The van der Waals surface area contributed by atoms with Crippen LogP contribution in [0.15, 0.2) is 16.8 Å². The van der Waals surface area contributed by atoms with Crippen molar-refractivity contribution in [2.45, 2.75) is 38.8 Å². The number of thiophene rings is 1. The van der Waals surface area contributed by atoms with Gasteiger partial charge in [-0.15, -0.1) is 0 Å². The van der Waals surface area contributed by atoms with Crippen LogP contribution < -0.4 is 5.32 Å². The fourth-order valence-electron chi connectivity index (χ4n) is 3.69. The van der Waals surface area contributed by atoms with E-state index in [1.54, 1.807) is 11.3 Å². The molecule has 5 nitrogen and oxygen atoms in total. The first-order valence-electron chi connectivity index (χ1n) is 8.92. The predicted octanol–water partition coefficient (Wildman–Crippen LogP) is 2.27. The van der Waals surface area contributed by atoms with Crippen molar-refractivity contribution in [1.82, 2.24) is 10.2 Å². The third-order valence-corrected chi connectivity index (χ3v) is 5.91. The summed E-state index contributed by atoms with van der Waals surface area (Å²) in [7, 11) is 0. The molecule has 24 heavy (non-hydrogen) atoms. The van der Waals surface area contributed by atoms with Crippen molar-refractivity contribution in [3.63, 3.8) is 0 Å². The van der Waals surface area contributed by atoms with Crippen LogP contribution in [-0.2, 0) is 20.8 Å². The summed E-state index contributed by atoms with van der Waals surface area (Å²) < 4.78 is 10.8. The second-order valence-electron chi connectivity index (χ2n) is 6.74. The number of ether oxygens (including phenoxy) is 2. The number of amides is 1. The number of hydrogen-bond acceptors (Lipinski definition) is 5.